The van der Waals surface area contributed by atoms with Crippen molar-refractivity contribution in [1.29, 1.82) is 0 Å². The molecule has 2 aliphatic rings. The third-order valence-electron chi connectivity index (χ3n) is 7.37. The normalized spacial score (nSPS) is 18.6. The molecule has 0 unspecified atom stereocenters. The maximum Gasteiger partial charge on any atom is 0.227 e. The average Bonchev–Trinajstić information content (AvgIpc) is 3.11. The van der Waals surface area contributed by atoms with Gasteiger partial charge in [-0.2, -0.15) is 0 Å². The number of rotatable bonds is 6. The van der Waals surface area contributed by atoms with E-state index in [9.17, 15) is 9.59 Å². The van der Waals surface area contributed by atoms with Crippen molar-refractivity contribution in [3.63, 3.8) is 0 Å². The predicted molar refractivity (Wildman–Crippen MR) is 147 cm³/mol. The molecule has 1 amide bonds. The first-order valence-electron chi connectivity index (χ1n) is 12.8. The first kappa shape index (κ1) is 25.4. The van der Waals surface area contributed by atoms with Crippen molar-refractivity contribution in [3.05, 3.63) is 89.1 Å². The van der Waals surface area contributed by atoms with Crippen LogP contribution in [0.3, 0.4) is 0 Å². The fourth-order valence-corrected chi connectivity index (χ4v) is 5.49. The van der Waals surface area contributed by atoms with Gasteiger partial charge >= 0.3 is 0 Å². The number of carbonyl (C=O) groups excluding carboxylic acids is 2. The van der Waals surface area contributed by atoms with Gasteiger partial charge in [0.15, 0.2) is 17.3 Å². The first-order valence-corrected chi connectivity index (χ1v) is 12.8. The highest BCUT2D eigenvalue weighted by molar-refractivity contribution is 6.06. The summed E-state index contributed by atoms with van der Waals surface area (Å²) in [5.41, 5.74) is 4.84. The van der Waals surface area contributed by atoms with Gasteiger partial charge in [-0.1, -0.05) is 37.3 Å². The average molecular weight is 513 g/mol. The van der Waals surface area contributed by atoms with E-state index in [2.05, 4.69) is 5.32 Å². The van der Waals surface area contributed by atoms with Crippen molar-refractivity contribution in [1.82, 2.24) is 0 Å². The number of ketones is 1. The number of carbonyl (C=O) groups is 2. The van der Waals surface area contributed by atoms with Gasteiger partial charge in [-0.25, -0.2) is 0 Å². The maximum absolute atomic E-state index is 14.0. The van der Waals surface area contributed by atoms with Crippen LogP contribution in [0.4, 0.5) is 11.4 Å². The summed E-state index contributed by atoms with van der Waals surface area (Å²) in [5, 5.41) is 3.56. The lowest BCUT2D eigenvalue weighted by Crippen LogP contribution is -2.38. The number of allylic oxidation sites excluding steroid dienone is 1. The van der Waals surface area contributed by atoms with Crippen LogP contribution in [0.2, 0.25) is 0 Å². The zero-order valence-electron chi connectivity index (χ0n) is 22.1. The number of fused-ring (bicyclic) bond motifs is 1. The highest BCUT2D eigenvalue weighted by Crippen LogP contribution is 2.48. The number of ether oxygens (including phenoxy) is 3. The second-order valence-electron chi connectivity index (χ2n) is 9.47. The highest BCUT2D eigenvalue weighted by atomic mass is 16.5. The summed E-state index contributed by atoms with van der Waals surface area (Å²) in [7, 11) is 4.80. The van der Waals surface area contributed by atoms with Crippen LogP contribution in [-0.4, -0.2) is 33.0 Å². The molecule has 38 heavy (non-hydrogen) atoms. The van der Waals surface area contributed by atoms with Crippen LogP contribution in [0.15, 0.2) is 78.0 Å². The summed E-state index contributed by atoms with van der Waals surface area (Å²) in [6.07, 6.45) is 1.28. The lowest BCUT2D eigenvalue weighted by Gasteiger charge is -2.35. The third kappa shape index (κ3) is 4.49. The molecule has 196 valence electrons. The standard InChI is InChI=1S/C31H32N2O5/c1-5-29(35)33-25-9-7-6-8-23(25)32-24-16-21(19-10-13-22(36-2)14-11-19)17-26(34)30(24)31(33)20-12-15-27(37-3)28(18-20)38-4/h6-15,18,21,31-32H,5,16-17H2,1-4H3/t21-,31-/m0/s1. The predicted octanol–water partition coefficient (Wildman–Crippen LogP) is 6.02. The SMILES string of the molecule is CCC(=O)N1c2ccccc2NC2=C(C(=O)C[C@@H](c3ccc(OC)cc3)C2)[C@@H]1c1ccc(OC)c(OC)c1. The number of amides is 1. The third-order valence-corrected chi connectivity index (χ3v) is 7.37. The van der Waals surface area contributed by atoms with E-state index in [4.69, 9.17) is 14.2 Å². The van der Waals surface area contributed by atoms with Gasteiger partial charge in [0.25, 0.3) is 0 Å². The molecule has 0 radical (unpaired) electrons. The molecular formula is C31H32N2O5. The molecule has 3 aromatic rings. The van der Waals surface area contributed by atoms with Crippen LogP contribution in [0.5, 0.6) is 17.2 Å². The maximum atomic E-state index is 14.0. The number of para-hydroxylation sites is 2. The Morgan fingerprint density at radius 1 is 0.895 bits per heavy atom. The van der Waals surface area contributed by atoms with E-state index in [1.165, 1.54) is 0 Å². The Balaban J connectivity index is 1.69. The van der Waals surface area contributed by atoms with Gasteiger partial charge < -0.3 is 19.5 Å². The second-order valence-corrected chi connectivity index (χ2v) is 9.47. The minimum absolute atomic E-state index is 0.00583. The molecule has 3 aromatic carbocycles. The topological polar surface area (TPSA) is 77.1 Å². The number of benzene rings is 3. The number of hydrogen-bond acceptors (Lipinski definition) is 6. The molecule has 2 atom stereocenters. The fraction of sp³-hybridized carbons (Fsp3) is 0.290. The molecular weight excluding hydrogens is 480 g/mol. The molecule has 1 aliphatic heterocycles. The number of methoxy groups -OCH3 is 3. The summed E-state index contributed by atoms with van der Waals surface area (Å²) in [6, 6.07) is 20.6. The van der Waals surface area contributed by atoms with Gasteiger partial charge in [-0.3, -0.25) is 14.5 Å². The number of anilines is 2. The first-order chi connectivity index (χ1) is 18.5. The molecule has 7 heteroatoms. The van der Waals surface area contributed by atoms with E-state index in [1.54, 1.807) is 26.2 Å². The smallest absolute Gasteiger partial charge is 0.227 e. The molecule has 7 nitrogen and oxygen atoms in total. The van der Waals surface area contributed by atoms with E-state index in [0.717, 1.165) is 33.9 Å². The Kier molecular flexibility index (Phi) is 7.09. The minimum Gasteiger partial charge on any atom is -0.497 e. The second kappa shape index (κ2) is 10.6. The molecule has 0 spiro atoms. The van der Waals surface area contributed by atoms with Crippen molar-refractivity contribution in [3.8, 4) is 17.2 Å². The van der Waals surface area contributed by atoms with E-state index < -0.39 is 6.04 Å². The van der Waals surface area contributed by atoms with Crippen LogP contribution < -0.4 is 24.4 Å². The Bertz CT molecular complexity index is 1400. The van der Waals surface area contributed by atoms with Crippen LogP contribution in [0.25, 0.3) is 0 Å². The molecule has 0 saturated heterocycles. The number of hydrogen-bond donors (Lipinski definition) is 1. The molecule has 5 rings (SSSR count). The Morgan fingerprint density at radius 3 is 2.29 bits per heavy atom. The number of Topliss-reactive ketones (excluding diaryl/α,β-unsaturated/α-hetero) is 1. The lowest BCUT2D eigenvalue weighted by molar-refractivity contribution is -0.119. The van der Waals surface area contributed by atoms with Crippen molar-refractivity contribution in [2.24, 2.45) is 0 Å². The Morgan fingerprint density at radius 2 is 1.61 bits per heavy atom. The van der Waals surface area contributed by atoms with Crippen molar-refractivity contribution in [2.75, 3.05) is 31.5 Å². The summed E-state index contributed by atoms with van der Waals surface area (Å²) < 4.78 is 16.4. The Hall–Kier alpha value is -4.26. The molecule has 0 fully saturated rings. The van der Waals surface area contributed by atoms with E-state index in [-0.39, 0.29) is 17.6 Å². The molecule has 1 N–H and O–H groups in total. The summed E-state index contributed by atoms with van der Waals surface area (Å²) in [4.78, 5) is 29.4. The van der Waals surface area contributed by atoms with Gasteiger partial charge in [0.05, 0.1) is 38.7 Å². The van der Waals surface area contributed by atoms with Gasteiger partial charge in [0.2, 0.25) is 5.91 Å². The van der Waals surface area contributed by atoms with E-state index in [0.29, 0.717) is 36.3 Å². The summed E-state index contributed by atoms with van der Waals surface area (Å²) in [5.74, 6) is 1.85. The van der Waals surface area contributed by atoms with Crippen LogP contribution in [0, 0.1) is 0 Å². The van der Waals surface area contributed by atoms with Crippen LogP contribution >= 0.6 is 0 Å². The summed E-state index contributed by atoms with van der Waals surface area (Å²) in [6.45, 7) is 1.84. The van der Waals surface area contributed by atoms with Crippen molar-refractivity contribution >= 4 is 23.1 Å². The number of nitrogens with zero attached hydrogens (tertiary/aromatic N) is 1. The molecule has 0 aromatic heterocycles. The highest BCUT2D eigenvalue weighted by Gasteiger charge is 2.41. The lowest BCUT2D eigenvalue weighted by atomic mass is 9.78. The quantitative estimate of drug-likeness (QED) is 0.435. The van der Waals surface area contributed by atoms with E-state index in [1.807, 2.05) is 73.7 Å². The van der Waals surface area contributed by atoms with Crippen LogP contribution in [-0.2, 0) is 9.59 Å². The largest absolute Gasteiger partial charge is 0.497 e. The molecule has 1 aliphatic carbocycles. The van der Waals surface area contributed by atoms with Gasteiger partial charge in [-0.05, 0) is 59.9 Å². The van der Waals surface area contributed by atoms with Crippen molar-refractivity contribution < 1.29 is 23.8 Å². The molecule has 0 bridgehead atoms. The minimum atomic E-state index is -0.613. The van der Waals surface area contributed by atoms with Gasteiger partial charge in [-0.15, -0.1) is 0 Å². The van der Waals surface area contributed by atoms with Crippen molar-refractivity contribution in [2.45, 2.75) is 38.1 Å². The van der Waals surface area contributed by atoms with Crippen LogP contribution in [0.1, 0.15) is 49.3 Å². The molecule has 1 heterocycles. The van der Waals surface area contributed by atoms with Gasteiger partial charge in [0.1, 0.15) is 5.75 Å². The monoisotopic (exact) mass is 512 g/mol. The van der Waals surface area contributed by atoms with Gasteiger partial charge in [0, 0.05) is 24.1 Å². The molecule has 0 saturated carbocycles. The zero-order valence-corrected chi connectivity index (χ0v) is 22.1. The zero-order chi connectivity index (χ0) is 26.8. The summed E-state index contributed by atoms with van der Waals surface area (Å²) >= 11 is 0. The number of nitrogens with one attached hydrogen (secondary N) is 1. The Labute approximate surface area is 223 Å². The fourth-order valence-electron chi connectivity index (χ4n) is 5.49. The van der Waals surface area contributed by atoms with E-state index >= 15 is 0 Å².